The van der Waals surface area contributed by atoms with Gasteiger partial charge in [0.15, 0.2) is 0 Å². The van der Waals surface area contributed by atoms with Gasteiger partial charge < -0.3 is 5.32 Å². The molecule has 1 unspecified atom stereocenters. The number of aryl methyl sites for hydroxylation is 1. The van der Waals surface area contributed by atoms with Crippen molar-refractivity contribution in [3.8, 4) is 0 Å². The summed E-state index contributed by atoms with van der Waals surface area (Å²) in [5.74, 6) is 0.875. The first-order valence-corrected chi connectivity index (χ1v) is 6.98. The lowest BCUT2D eigenvalue weighted by Gasteiger charge is -2.26. The number of anilines is 1. The average molecular weight is 295 g/mol. The molecule has 0 bridgehead atoms. The zero-order valence-electron chi connectivity index (χ0n) is 11.6. The second kappa shape index (κ2) is 5.09. The summed E-state index contributed by atoms with van der Waals surface area (Å²) in [6.45, 7) is 2.74. The van der Waals surface area contributed by atoms with Crippen LogP contribution >= 0.6 is 0 Å². The maximum atomic E-state index is 12.9. The Labute approximate surface area is 120 Å². The van der Waals surface area contributed by atoms with Crippen molar-refractivity contribution in [1.82, 2.24) is 9.78 Å². The van der Waals surface area contributed by atoms with Gasteiger partial charge in [-0.15, -0.1) is 0 Å². The topological polar surface area (TPSA) is 29.9 Å². The normalized spacial score (nSPS) is 18.2. The molecule has 0 amide bonds. The lowest BCUT2D eigenvalue weighted by molar-refractivity contribution is -0.137. The number of aromatic nitrogens is 2. The molecule has 1 N–H and O–H groups in total. The molecule has 1 atom stereocenters. The van der Waals surface area contributed by atoms with E-state index in [2.05, 4.69) is 10.4 Å². The fourth-order valence-electron chi connectivity index (χ4n) is 2.68. The highest BCUT2D eigenvalue weighted by atomic mass is 19.4. The molecule has 0 spiro atoms. The van der Waals surface area contributed by atoms with E-state index in [-0.39, 0.29) is 6.04 Å². The Morgan fingerprint density at radius 2 is 2.14 bits per heavy atom. The molecule has 1 aliphatic heterocycles. The van der Waals surface area contributed by atoms with Crippen molar-refractivity contribution in [2.75, 3.05) is 11.9 Å². The zero-order chi connectivity index (χ0) is 15.0. The maximum Gasteiger partial charge on any atom is 0.416 e. The zero-order valence-corrected chi connectivity index (χ0v) is 11.6. The van der Waals surface area contributed by atoms with Gasteiger partial charge in [-0.3, -0.25) is 0 Å². The summed E-state index contributed by atoms with van der Waals surface area (Å²) in [4.78, 5) is 0. The van der Waals surface area contributed by atoms with Gasteiger partial charge in [-0.2, -0.15) is 18.3 Å². The van der Waals surface area contributed by atoms with Crippen LogP contribution in [0.3, 0.4) is 0 Å². The quantitative estimate of drug-likeness (QED) is 0.911. The predicted octanol–water partition coefficient (Wildman–Crippen LogP) is 3.87. The maximum absolute atomic E-state index is 12.9. The number of benzene rings is 1. The third kappa shape index (κ3) is 2.62. The van der Waals surface area contributed by atoms with Crippen molar-refractivity contribution >= 4 is 5.82 Å². The van der Waals surface area contributed by atoms with Crippen LogP contribution in [0.2, 0.25) is 0 Å². The van der Waals surface area contributed by atoms with Crippen molar-refractivity contribution < 1.29 is 13.2 Å². The molecular formula is C15H16F3N3. The lowest BCUT2D eigenvalue weighted by Crippen LogP contribution is -2.24. The monoisotopic (exact) mass is 295 g/mol. The largest absolute Gasteiger partial charge is 0.416 e. The molecule has 2 heterocycles. The van der Waals surface area contributed by atoms with Gasteiger partial charge in [0.1, 0.15) is 5.82 Å². The fourth-order valence-corrected chi connectivity index (χ4v) is 2.68. The predicted molar refractivity (Wildman–Crippen MR) is 74.3 cm³/mol. The van der Waals surface area contributed by atoms with Crippen molar-refractivity contribution in [3.63, 3.8) is 0 Å². The molecule has 0 fully saturated rings. The second-order valence-electron chi connectivity index (χ2n) is 5.17. The number of fused-ring (bicyclic) bond motifs is 1. The number of nitrogens with zero attached hydrogens (tertiary/aromatic N) is 2. The summed E-state index contributed by atoms with van der Waals surface area (Å²) >= 11 is 0. The Balaban J connectivity index is 2.01. The summed E-state index contributed by atoms with van der Waals surface area (Å²) in [6, 6.07) is 7.34. The van der Waals surface area contributed by atoms with Crippen LogP contribution in [0.5, 0.6) is 0 Å². The van der Waals surface area contributed by atoms with Crippen molar-refractivity contribution in [3.05, 3.63) is 47.2 Å². The van der Waals surface area contributed by atoms with Gasteiger partial charge >= 0.3 is 6.18 Å². The van der Waals surface area contributed by atoms with Crippen LogP contribution in [0.1, 0.15) is 36.2 Å². The first-order valence-electron chi connectivity index (χ1n) is 6.98. The number of nitrogens with one attached hydrogen (secondary N) is 1. The van der Waals surface area contributed by atoms with Crippen LogP contribution in [-0.4, -0.2) is 16.3 Å². The first kappa shape index (κ1) is 14.0. The number of hydrogen-bond acceptors (Lipinski definition) is 2. The molecule has 0 radical (unpaired) electrons. The molecule has 3 rings (SSSR count). The number of halogens is 3. The molecular weight excluding hydrogens is 279 g/mol. The van der Waals surface area contributed by atoms with Crippen LogP contribution in [0, 0.1) is 0 Å². The molecule has 0 aliphatic carbocycles. The van der Waals surface area contributed by atoms with Crippen LogP contribution in [0.15, 0.2) is 30.3 Å². The SMILES string of the molecule is CCc1cc2n(n1)C(c1cccc(C(F)(F)F)c1)CCN2. The molecule has 21 heavy (non-hydrogen) atoms. The number of rotatable bonds is 2. The van der Waals surface area contributed by atoms with Gasteiger partial charge in [-0.05, 0) is 30.5 Å². The molecule has 0 saturated carbocycles. The summed E-state index contributed by atoms with van der Waals surface area (Å²) in [7, 11) is 0. The van der Waals surface area contributed by atoms with E-state index >= 15 is 0 Å². The minimum Gasteiger partial charge on any atom is -0.370 e. The van der Waals surface area contributed by atoms with E-state index in [1.54, 1.807) is 10.7 Å². The van der Waals surface area contributed by atoms with E-state index < -0.39 is 11.7 Å². The Morgan fingerprint density at radius 3 is 2.86 bits per heavy atom. The molecule has 1 aromatic carbocycles. The first-order chi connectivity index (χ1) is 9.99. The van der Waals surface area contributed by atoms with E-state index in [0.717, 1.165) is 37.0 Å². The van der Waals surface area contributed by atoms with Gasteiger partial charge in [0.25, 0.3) is 0 Å². The third-order valence-electron chi connectivity index (χ3n) is 3.77. The van der Waals surface area contributed by atoms with Gasteiger partial charge in [0.2, 0.25) is 0 Å². The van der Waals surface area contributed by atoms with E-state index in [4.69, 9.17) is 0 Å². The minimum atomic E-state index is -4.32. The highest BCUT2D eigenvalue weighted by molar-refractivity contribution is 5.42. The Bertz CT molecular complexity index is 646. The molecule has 3 nitrogen and oxygen atoms in total. The fraction of sp³-hybridized carbons (Fsp3) is 0.400. The van der Waals surface area contributed by atoms with E-state index in [0.29, 0.717) is 5.56 Å². The van der Waals surface area contributed by atoms with Crippen molar-refractivity contribution in [1.29, 1.82) is 0 Å². The summed E-state index contributed by atoms with van der Waals surface area (Å²) < 4.78 is 40.4. The van der Waals surface area contributed by atoms with Gasteiger partial charge in [-0.25, -0.2) is 4.68 Å². The van der Waals surface area contributed by atoms with Gasteiger partial charge in [0, 0.05) is 12.6 Å². The highest BCUT2D eigenvalue weighted by Gasteiger charge is 2.32. The standard InChI is InChI=1S/C15H16F3N3/c1-2-12-9-14-19-7-6-13(21(14)20-12)10-4-3-5-11(8-10)15(16,17)18/h3-5,8-9,13,19H,2,6-7H2,1H3. The number of alkyl halides is 3. The smallest absolute Gasteiger partial charge is 0.370 e. The van der Waals surface area contributed by atoms with Crippen LogP contribution in [0.4, 0.5) is 19.0 Å². The summed E-state index contributed by atoms with van der Waals surface area (Å²) in [5, 5.41) is 7.73. The average Bonchev–Trinajstić information content (AvgIpc) is 2.89. The van der Waals surface area contributed by atoms with Crippen LogP contribution < -0.4 is 5.32 Å². The molecule has 6 heteroatoms. The van der Waals surface area contributed by atoms with Crippen LogP contribution in [-0.2, 0) is 12.6 Å². The van der Waals surface area contributed by atoms with Crippen molar-refractivity contribution in [2.45, 2.75) is 32.0 Å². The highest BCUT2D eigenvalue weighted by Crippen LogP contribution is 2.34. The number of hydrogen-bond donors (Lipinski definition) is 1. The molecule has 1 aromatic heterocycles. The lowest BCUT2D eigenvalue weighted by atomic mass is 10.00. The summed E-state index contributed by atoms with van der Waals surface area (Å²) in [5.41, 5.74) is 0.984. The van der Waals surface area contributed by atoms with Crippen molar-refractivity contribution in [2.24, 2.45) is 0 Å². The van der Waals surface area contributed by atoms with Crippen LogP contribution in [0.25, 0.3) is 0 Å². The van der Waals surface area contributed by atoms with E-state index in [9.17, 15) is 13.2 Å². The molecule has 2 aromatic rings. The minimum absolute atomic E-state index is 0.149. The van der Waals surface area contributed by atoms with E-state index in [1.165, 1.54) is 12.1 Å². The Kier molecular flexibility index (Phi) is 3.39. The Morgan fingerprint density at radius 1 is 1.33 bits per heavy atom. The summed E-state index contributed by atoms with van der Waals surface area (Å²) in [6.07, 6.45) is -2.79. The molecule has 112 valence electrons. The molecule has 0 saturated heterocycles. The Hall–Kier alpha value is -1.98. The second-order valence-corrected chi connectivity index (χ2v) is 5.17. The van der Waals surface area contributed by atoms with Gasteiger partial charge in [-0.1, -0.05) is 19.1 Å². The third-order valence-corrected chi connectivity index (χ3v) is 3.77. The van der Waals surface area contributed by atoms with E-state index in [1.807, 2.05) is 13.0 Å². The molecule has 1 aliphatic rings. The van der Waals surface area contributed by atoms with Gasteiger partial charge in [0.05, 0.1) is 17.3 Å².